The fourth-order valence-electron chi connectivity index (χ4n) is 3.44. The molecule has 1 aromatic heterocycles. The van der Waals surface area contributed by atoms with Gasteiger partial charge in [-0.2, -0.15) is 0 Å². The van der Waals surface area contributed by atoms with E-state index in [4.69, 9.17) is 23.7 Å². The highest BCUT2D eigenvalue weighted by atomic mass is 16.7. The second-order valence-electron chi connectivity index (χ2n) is 5.60. The fraction of sp³-hybridized carbons (Fsp3) is 0.278. The molecule has 3 aromatic rings. The van der Waals surface area contributed by atoms with Gasteiger partial charge in [-0.3, -0.25) is 4.79 Å². The smallest absolute Gasteiger partial charge is 0.231 e. The van der Waals surface area contributed by atoms with Gasteiger partial charge < -0.3 is 28.3 Å². The van der Waals surface area contributed by atoms with E-state index in [1.807, 2.05) is 17.7 Å². The molecule has 0 atom stereocenters. The van der Waals surface area contributed by atoms with Crippen LogP contribution in [0, 0.1) is 0 Å². The number of hydrogen-bond donors (Lipinski definition) is 0. The number of fused-ring (bicyclic) bond motifs is 3. The number of para-hydroxylation sites is 1. The van der Waals surface area contributed by atoms with Crippen LogP contribution in [-0.2, 0) is 7.05 Å². The van der Waals surface area contributed by atoms with Gasteiger partial charge in [0, 0.05) is 7.05 Å². The van der Waals surface area contributed by atoms with E-state index in [1.54, 1.807) is 19.2 Å². The summed E-state index contributed by atoms with van der Waals surface area (Å²) in [5.74, 6) is 2.17. The number of pyridine rings is 1. The molecule has 4 rings (SSSR count). The van der Waals surface area contributed by atoms with Crippen LogP contribution in [0.5, 0.6) is 28.7 Å². The molecule has 0 saturated heterocycles. The Morgan fingerprint density at radius 1 is 0.960 bits per heavy atom. The zero-order valence-electron chi connectivity index (χ0n) is 14.3. The van der Waals surface area contributed by atoms with E-state index in [-0.39, 0.29) is 12.2 Å². The number of aryl methyl sites for hydroxylation is 1. The first-order valence-electron chi connectivity index (χ1n) is 7.67. The molecule has 0 N–H and O–H groups in total. The van der Waals surface area contributed by atoms with Crippen LogP contribution in [0.2, 0.25) is 0 Å². The Bertz CT molecular complexity index is 1070. The molecule has 0 radical (unpaired) electrons. The van der Waals surface area contributed by atoms with Crippen molar-refractivity contribution in [2.45, 2.75) is 0 Å². The molecule has 2 heterocycles. The second kappa shape index (κ2) is 5.47. The zero-order chi connectivity index (χ0) is 17.7. The summed E-state index contributed by atoms with van der Waals surface area (Å²) in [6.07, 6.45) is 0. The molecular formula is C18H17NO6. The SMILES string of the molecule is COc1c2c(c(OC)c3c1c(=O)c1cccc(OC)c1n3C)OCO2. The Morgan fingerprint density at radius 3 is 2.28 bits per heavy atom. The topological polar surface area (TPSA) is 68.2 Å². The molecular weight excluding hydrogens is 326 g/mol. The molecule has 0 fully saturated rings. The van der Waals surface area contributed by atoms with Crippen LogP contribution in [0.1, 0.15) is 0 Å². The normalized spacial score (nSPS) is 12.6. The van der Waals surface area contributed by atoms with Gasteiger partial charge in [0.25, 0.3) is 0 Å². The monoisotopic (exact) mass is 343 g/mol. The maximum Gasteiger partial charge on any atom is 0.231 e. The van der Waals surface area contributed by atoms with E-state index < -0.39 is 0 Å². The second-order valence-corrected chi connectivity index (χ2v) is 5.60. The van der Waals surface area contributed by atoms with Crippen molar-refractivity contribution >= 4 is 21.8 Å². The van der Waals surface area contributed by atoms with Gasteiger partial charge in [0.1, 0.15) is 11.3 Å². The molecule has 0 spiro atoms. The Balaban J connectivity index is 2.35. The Hall–Kier alpha value is -3.09. The molecule has 130 valence electrons. The van der Waals surface area contributed by atoms with Gasteiger partial charge in [-0.15, -0.1) is 0 Å². The van der Waals surface area contributed by atoms with Crippen molar-refractivity contribution in [1.82, 2.24) is 4.57 Å². The number of aromatic nitrogens is 1. The summed E-state index contributed by atoms with van der Waals surface area (Å²) in [6, 6.07) is 5.35. The maximum absolute atomic E-state index is 13.3. The number of rotatable bonds is 3. The first-order chi connectivity index (χ1) is 12.1. The van der Waals surface area contributed by atoms with Crippen LogP contribution in [0.3, 0.4) is 0 Å². The average molecular weight is 343 g/mol. The highest BCUT2D eigenvalue weighted by Crippen LogP contribution is 2.52. The van der Waals surface area contributed by atoms with Gasteiger partial charge in [-0.05, 0) is 12.1 Å². The fourth-order valence-corrected chi connectivity index (χ4v) is 3.44. The zero-order valence-corrected chi connectivity index (χ0v) is 14.3. The molecule has 7 nitrogen and oxygen atoms in total. The van der Waals surface area contributed by atoms with E-state index in [2.05, 4.69) is 0 Å². The van der Waals surface area contributed by atoms with Crippen molar-refractivity contribution in [2.24, 2.45) is 7.05 Å². The van der Waals surface area contributed by atoms with E-state index in [9.17, 15) is 4.79 Å². The Morgan fingerprint density at radius 2 is 1.64 bits per heavy atom. The van der Waals surface area contributed by atoms with E-state index in [0.29, 0.717) is 50.6 Å². The van der Waals surface area contributed by atoms with Crippen LogP contribution in [0.15, 0.2) is 23.0 Å². The van der Waals surface area contributed by atoms with E-state index in [1.165, 1.54) is 14.2 Å². The quantitative estimate of drug-likeness (QED) is 0.681. The average Bonchev–Trinajstić information content (AvgIpc) is 3.12. The molecule has 1 aliphatic rings. The van der Waals surface area contributed by atoms with Crippen molar-refractivity contribution in [3.63, 3.8) is 0 Å². The lowest BCUT2D eigenvalue weighted by molar-refractivity contribution is 0.169. The summed E-state index contributed by atoms with van der Waals surface area (Å²) in [4.78, 5) is 13.3. The van der Waals surface area contributed by atoms with Gasteiger partial charge in [0.05, 0.1) is 37.6 Å². The number of nitrogens with zero attached hydrogens (tertiary/aromatic N) is 1. The number of benzene rings is 2. The van der Waals surface area contributed by atoms with Gasteiger partial charge in [0.2, 0.25) is 23.7 Å². The van der Waals surface area contributed by atoms with Crippen LogP contribution in [-0.4, -0.2) is 32.7 Å². The Labute approximate surface area is 143 Å². The summed E-state index contributed by atoms with van der Waals surface area (Å²) in [7, 11) is 6.44. The van der Waals surface area contributed by atoms with Gasteiger partial charge in [0.15, 0.2) is 11.5 Å². The third kappa shape index (κ3) is 1.89. The molecule has 0 aliphatic carbocycles. The molecule has 0 unspecified atom stereocenters. The lowest BCUT2D eigenvalue weighted by Gasteiger charge is -2.18. The van der Waals surface area contributed by atoms with Crippen LogP contribution in [0.25, 0.3) is 21.8 Å². The highest BCUT2D eigenvalue weighted by Gasteiger charge is 2.31. The third-order valence-electron chi connectivity index (χ3n) is 4.47. The summed E-state index contributed by atoms with van der Waals surface area (Å²) >= 11 is 0. The van der Waals surface area contributed by atoms with Crippen molar-refractivity contribution in [2.75, 3.05) is 28.1 Å². The number of hydrogen-bond acceptors (Lipinski definition) is 6. The van der Waals surface area contributed by atoms with Crippen LogP contribution in [0.4, 0.5) is 0 Å². The third-order valence-corrected chi connectivity index (χ3v) is 4.47. The minimum absolute atomic E-state index is 0.0408. The molecule has 7 heteroatoms. The Kier molecular flexibility index (Phi) is 3.38. The lowest BCUT2D eigenvalue weighted by Crippen LogP contribution is -2.12. The molecule has 2 aromatic carbocycles. The number of ether oxygens (including phenoxy) is 5. The maximum atomic E-state index is 13.3. The first-order valence-corrected chi connectivity index (χ1v) is 7.67. The van der Waals surface area contributed by atoms with Crippen molar-refractivity contribution in [3.8, 4) is 28.7 Å². The number of methoxy groups -OCH3 is 3. The van der Waals surface area contributed by atoms with E-state index >= 15 is 0 Å². The predicted octanol–water partition coefficient (Wildman–Crippen LogP) is 2.45. The van der Waals surface area contributed by atoms with Gasteiger partial charge in [-0.1, -0.05) is 6.07 Å². The standard InChI is InChI=1S/C18H17NO6/c1-19-12-9(6-5-7-10(12)21-2)14(20)11-13(19)16(23-4)18-17(15(11)22-3)24-8-25-18/h5-7H,8H2,1-4H3. The summed E-state index contributed by atoms with van der Waals surface area (Å²) < 4.78 is 29.5. The van der Waals surface area contributed by atoms with E-state index in [0.717, 1.165) is 0 Å². The van der Waals surface area contributed by atoms with Crippen LogP contribution < -0.4 is 29.1 Å². The summed E-state index contributed by atoms with van der Waals surface area (Å²) in [5, 5.41) is 0.903. The van der Waals surface area contributed by atoms with Crippen molar-refractivity contribution < 1.29 is 23.7 Å². The van der Waals surface area contributed by atoms with Gasteiger partial charge in [-0.25, -0.2) is 0 Å². The molecule has 1 aliphatic heterocycles. The summed E-state index contributed by atoms with van der Waals surface area (Å²) in [5.41, 5.74) is 1.04. The van der Waals surface area contributed by atoms with Gasteiger partial charge >= 0.3 is 0 Å². The minimum Gasteiger partial charge on any atom is -0.495 e. The summed E-state index contributed by atoms with van der Waals surface area (Å²) in [6.45, 7) is 0.0408. The minimum atomic E-state index is -0.185. The molecule has 0 amide bonds. The highest BCUT2D eigenvalue weighted by molar-refractivity contribution is 6.04. The van der Waals surface area contributed by atoms with Crippen molar-refractivity contribution in [3.05, 3.63) is 28.4 Å². The molecule has 25 heavy (non-hydrogen) atoms. The molecule has 0 bridgehead atoms. The van der Waals surface area contributed by atoms with Crippen molar-refractivity contribution in [1.29, 1.82) is 0 Å². The largest absolute Gasteiger partial charge is 0.495 e. The van der Waals surface area contributed by atoms with Crippen LogP contribution >= 0.6 is 0 Å². The lowest BCUT2D eigenvalue weighted by atomic mass is 10.1. The first kappa shape index (κ1) is 15.4. The molecule has 0 saturated carbocycles. The predicted molar refractivity (Wildman–Crippen MR) is 92.5 cm³/mol.